The third-order valence-corrected chi connectivity index (χ3v) is 4.26. The summed E-state index contributed by atoms with van der Waals surface area (Å²) in [6.07, 6.45) is 1.77. The molecule has 5 heteroatoms. The molecule has 1 aromatic carbocycles. The van der Waals surface area contributed by atoms with E-state index in [1.807, 2.05) is 24.3 Å². The second kappa shape index (κ2) is 5.79. The normalized spacial score (nSPS) is 12.5. The number of hydrogen-bond acceptors (Lipinski definition) is 4. The lowest BCUT2D eigenvalue weighted by Crippen LogP contribution is -2.20. The zero-order valence-electron chi connectivity index (χ0n) is 10.7. The highest BCUT2D eigenvalue weighted by Crippen LogP contribution is 2.30. The van der Waals surface area contributed by atoms with Crippen LogP contribution in [-0.2, 0) is 0 Å². The molecule has 0 aliphatic rings. The van der Waals surface area contributed by atoms with Crippen molar-refractivity contribution in [2.24, 2.45) is 5.73 Å². The smallest absolute Gasteiger partial charge is 0.0948 e. The number of aromatic nitrogens is 1. The molecule has 0 spiro atoms. The molecule has 3 rings (SSSR count). The number of nitrogens with two attached hydrogens (primary N) is 1. The van der Waals surface area contributed by atoms with Gasteiger partial charge in [-0.05, 0) is 46.7 Å². The SMILES string of the molecule is NCC(Nc1ccc(Cl)c2cccnc12)c1ccsc1. The molecule has 3 nitrogen and oxygen atoms in total. The zero-order valence-corrected chi connectivity index (χ0v) is 12.3. The number of nitrogens with zero attached hydrogens (tertiary/aromatic N) is 1. The van der Waals surface area contributed by atoms with Crippen molar-refractivity contribution >= 4 is 39.5 Å². The lowest BCUT2D eigenvalue weighted by molar-refractivity contribution is 0.794. The summed E-state index contributed by atoms with van der Waals surface area (Å²) in [5, 5.41) is 9.27. The van der Waals surface area contributed by atoms with Gasteiger partial charge in [-0.3, -0.25) is 4.98 Å². The molecular weight excluding hydrogens is 290 g/mol. The Labute approximate surface area is 126 Å². The van der Waals surface area contributed by atoms with Crippen molar-refractivity contribution in [1.82, 2.24) is 4.98 Å². The molecule has 3 aromatic rings. The fraction of sp³-hybridized carbons (Fsp3) is 0.133. The van der Waals surface area contributed by atoms with Crippen LogP contribution in [0.4, 0.5) is 5.69 Å². The van der Waals surface area contributed by atoms with Gasteiger partial charge in [0, 0.05) is 18.1 Å². The molecule has 2 aromatic heterocycles. The van der Waals surface area contributed by atoms with E-state index < -0.39 is 0 Å². The topological polar surface area (TPSA) is 50.9 Å². The van der Waals surface area contributed by atoms with Gasteiger partial charge in [0.1, 0.15) is 0 Å². The molecule has 0 fully saturated rings. The number of anilines is 1. The van der Waals surface area contributed by atoms with Crippen LogP contribution in [0.3, 0.4) is 0 Å². The van der Waals surface area contributed by atoms with Crippen molar-refractivity contribution in [3.05, 3.63) is 57.9 Å². The number of halogens is 1. The maximum Gasteiger partial charge on any atom is 0.0948 e. The van der Waals surface area contributed by atoms with E-state index in [9.17, 15) is 0 Å². The summed E-state index contributed by atoms with van der Waals surface area (Å²) in [6, 6.07) is 9.85. The predicted molar refractivity (Wildman–Crippen MR) is 86.5 cm³/mol. The van der Waals surface area contributed by atoms with Crippen LogP contribution in [0, 0.1) is 0 Å². The van der Waals surface area contributed by atoms with Crippen molar-refractivity contribution < 1.29 is 0 Å². The van der Waals surface area contributed by atoms with Gasteiger partial charge in [0.2, 0.25) is 0 Å². The summed E-state index contributed by atoms with van der Waals surface area (Å²) >= 11 is 7.88. The van der Waals surface area contributed by atoms with E-state index in [1.54, 1.807) is 17.5 Å². The van der Waals surface area contributed by atoms with Gasteiger partial charge in [0.15, 0.2) is 0 Å². The van der Waals surface area contributed by atoms with Gasteiger partial charge in [0.25, 0.3) is 0 Å². The van der Waals surface area contributed by atoms with Crippen LogP contribution in [-0.4, -0.2) is 11.5 Å². The van der Waals surface area contributed by atoms with E-state index in [-0.39, 0.29) is 6.04 Å². The standard InChI is InChI=1S/C15H14ClN3S/c16-12-3-4-13(15-11(12)2-1-6-18-15)19-14(8-17)10-5-7-20-9-10/h1-7,9,14,19H,8,17H2. The summed E-state index contributed by atoms with van der Waals surface area (Å²) in [5.74, 6) is 0. The highest BCUT2D eigenvalue weighted by molar-refractivity contribution is 7.08. The summed E-state index contributed by atoms with van der Waals surface area (Å²) in [6.45, 7) is 0.522. The molecular formula is C15H14ClN3S. The third kappa shape index (κ3) is 2.50. The number of pyridine rings is 1. The Morgan fingerprint density at radius 1 is 1.30 bits per heavy atom. The van der Waals surface area contributed by atoms with E-state index in [1.165, 1.54) is 5.56 Å². The Hall–Kier alpha value is -1.62. The fourth-order valence-electron chi connectivity index (χ4n) is 2.19. The van der Waals surface area contributed by atoms with E-state index in [0.29, 0.717) is 11.6 Å². The van der Waals surface area contributed by atoms with Gasteiger partial charge >= 0.3 is 0 Å². The van der Waals surface area contributed by atoms with Crippen LogP contribution in [0.25, 0.3) is 10.9 Å². The van der Waals surface area contributed by atoms with E-state index in [0.717, 1.165) is 16.6 Å². The van der Waals surface area contributed by atoms with Gasteiger partial charge in [-0.2, -0.15) is 11.3 Å². The van der Waals surface area contributed by atoms with E-state index in [4.69, 9.17) is 17.3 Å². The van der Waals surface area contributed by atoms with Gasteiger partial charge in [0.05, 0.1) is 22.3 Å². The predicted octanol–water partition coefficient (Wildman–Crippen LogP) is 4.06. The number of benzene rings is 1. The molecule has 20 heavy (non-hydrogen) atoms. The first kappa shape index (κ1) is 13.4. The monoisotopic (exact) mass is 303 g/mol. The van der Waals surface area contributed by atoms with Crippen LogP contribution in [0.2, 0.25) is 5.02 Å². The van der Waals surface area contributed by atoms with Crippen molar-refractivity contribution in [2.45, 2.75) is 6.04 Å². The average Bonchev–Trinajstić information content (AvgIpc) is 3.01. The average molecular weight is 304 g/mol. The largest absolute Gasteiger partial charge is 0.375 e. The first-order valence-electron chi connectivity index (χ1n) is 6.31. The van der Waals surface area contributed by atoms with Gasteiger partial charge in [-0.1, -0.05) is 11.6 Å². The van der Waals surface area contributed by atoms with Gasteiger partial charge in [-0.25, -0.2) is 0 Å². The maximum atomic E-state index is 6.21. The minimum absolute atomic E-state index is 0.0765. The Bertz CT molecular complexity index is 712. The molecule has 102 valence electrons. The molecule has 0 radical (unpaired) electrons. The second-order valence-electron chi connectivity index (χ2n) is 4.48. The number of hydrogen-bond donors (Lipinski definition) is 2. The van der Waals surface area contributed by atoms with E-state index in [2.05, 4.69) is 27.1 Å². The number of fused-ring (bicyclic) bond motifs is 1. The molecule has 1 unspecified atom stereocenters. The van der Waals surface area contributed by atoms with Crippen LogP contribution in [0.5, 0.6) is 0 Å². The van der Waals surface area contributed by atoms with Crippen molar-refractivity contribution in [1.29, 1.82) is 0 Å². The van der Waals surface area contributed by atoms with Crippen LogP contribution in [0.15, 0.2) is 47.3 Å². The zero-order chi connectivity index (χ0) is 13.9. The lowest BCUT2D eigenvalue weighted by Gasteiger charge is -2.18. The Morgan fingerprint density at radius 3 is 2.95 bits per heavy atom. The van der Waals surface area contributed by atoms with Crippen molar-refractivity contribution in [2.75, 3.05) is 11.9 Å². The van der Waals surface area contributed by atoms with Crippen molar-refractivity contribution in [3.63, 3.8) is 0 Å². The first-order valence-corrected chi connectivity index (χ1v) is 7.63. The summed E-state index contributed by atoms with van der Waals surface area (Å²) in [4.78, 5) is 4.43. The molecule has 1 atom stereocenters. The van der Waals surface area contributed by atoms with Crippen molar-refractivity contribution in [3.8, 4) is 0 Å². The Balaban J connectivity index is 2.00. The van der Waals surface area contributed by atoms with Gasteiger partial charge in [-0.15, -0.1) is 0 Å². The summed E-state index contributed by atoms with van der Waals surface area (Å²) < 4.78 is 0. The molecule has 0 aliphatic carbocycles. The van der Waals surface area contributed by atoms with Crippen LogP contribution < -0.4 is 11.1 Å². The van der Waals surface area contributed by atoms with Gasteiger partial charge < -0.3 is 11.1 Å². The minimum atomic E-state index is 0.0765. The van der Waals surface area contributed by atoms with Crippen LogP contribution in [0.1, 0.15) is 11.6 Å². The highest BCUT2D eigenvalue weighted by atomic mass is 35.5. The Morgan fingerprint density at radius 2 is 2.20 bits per heavy atom. The quantitative estimate of drug-likeness (QED) is 0.764. The third-order valence-electron chi connectivity index (χ3n) is 3.23. The number of nitrogens with one attached hydrogen (secondary N) is 1. The van der Waals surface area contributed by atoms with Crippen LogP contribution >= 0.6 is 22.9 Å². The molecule has 0 bridgehead atoms. The summed E-state index contributed by atoms with van der Waals surface area (Å²) in [7, 11) is 0. The number of rotatable bonds is 4. The molecule has 0 saturated heterocycles. The summed E-state index contributed by atoms with van der Waals surface area (Å²) in [5.41, 5.74) is 8.89. The second-order valence-corrected chi connectivity index (χ2v) is 5.67. The molecule has 3 N–H and O–H groups in total. The lowest BCUT2D eigenvalue weighted by atomic mass is 10.1. The number of thiophene rings is 1. The van der Waals surface area contributed by atoms with E-state index >= 15 is 0 Å². The minimum Gasteiger partial charge on any atom is -0.375 e. The fourth-order valence-corrected chi connectivity index (χ4v) is 3.12. The maximum absolute atomic E-state index is 6.21. The molecule has 0 aliphatic heterocycles. The molecule has 2 heterocycles. The molecule has 0 amide bonds. The Kier molecular flexibility index (Phi) is 3.87. The highest BCUT2D eigenvalue weighted by Gasteiger charge is 2.12. The first-order chi connectivity index (χ1) is 9.79. The molecule has 0 saturated carbocycles.